The summed E-state index contributed by atoms with van der Waals surface area (Å²) in [7, 11) is -1.47. The van der Waals surface area contributed by atoms with Crippen molar-refractivity contribution in [3.63, 3.8) is 0 Å². The van der Waals surface area contributed by atoms with Gasteiger partial charge < -0.3 is 19.1 Å². The lowest BCUT2D eigenvalue weighted by atomic mass is 10.2. The van der Waals surface area contributed by atoms with Crippen molar-refractivity contribution in [3.8, 4) is 17.2 Å². The molecule has 7 heteroatoms. The van der Waals surface area contributed by atoms with E-state index in [9.17, 15) is 5.02 Å². The maximum atomic E-state index is 9.89. The van der Waals surface area contributed by atoms with Gasteiger partial charge in [0.25, 0.3) is 0 Å². The fourth-order valence-electron chi connectivity index (χ4n) is 2.17. The Morgan fingerprint density at radius 2 is 1.42 bits per heavy atom. The molecule has 0 heterocycles. The number of rotatable bonds is 7. The normalized spacial score (nSPS) is 10.3. The molecule has 3 rings (SSSR count). The SMILES string of the molecule is OB(Oc1ccc(Cl)cc1)Oc1ccc(COc2ccccc2)c(Cl)c1. The monoisotopic (exact) mass is 388 g/mol. The van der Waals surface area contributed by atoms with Gasteiger partial charge in [-0.25, -0.2) is 0 Å². The van der Waals surface area contributed by atoms with Crippen molar-refractivity contribution in [2.75, 3.05) is 0 Å². The van der Waals surface area contributed by atoms with E-state index in [4.69, 9.17) is 37.2 Å². The lowest BCUT2D eigenvalue weighted by Crippen LogP contribution is -2.29. The Hall–Kier alpha value is -2.34. The molecular formula is C19H15BCl2O4. The van der Waals surface area contributed by atoms with E-state index in [0.717, 1.165) is 11.3 Å². The van der Waals surface area contributed by atoms with Crippen molar-refractivity contribution < 1.29 is 19.1 Å². The second-order valence-corrected chi connectivity index (χ2v) is 6.20. The molecule has 0 aliphatic carbocycles. The topological polar surface area (TPSA) is 47.9 Å². The summed E-state index contributed by atoms with van der Waals surface area (Å²) in [5.41, 5.74) is 0.802. The molecule has 4 nitrogen and oxygen atoms in total. The minimum Gasteiger partial charge on any atom is -0.501 e. The zero-order valence-corrected chi connectivity index (χ0v) is 15.2. The van der Waals surface area contributed by atoms with Crippen molar-refractivity contribution in [2.24, 2.45) is 0 Å². The van der Waals surface area contributed by atoms with Crippen LogP contribution < -0.4 is 14.0 Å². The molecule has 3 aromatic carbocycles. The largest absolute Gasteiger partial charge is 0.785 e. The molecule has 0 amide bonds. The van der Waals surface area contributed by atoms with Crippen LogP contribution >= 0.6 is 23.2 Å². The molecule has 0 spiro atoms. The Kier molecular flexibility index (Phi) is 6.28. The minimum absolute atomic E-state index is 0.326. The van der Waals surface area contributed by atoms with Gasteiger partial charge in [-0.3, -0.25) is 0 Å². The third-order valence-corrected chi connectivity index (χ3v) is 4.05. The van der Waals surface area contributed by atoms with Crippen LogP contribution in [0.25, 0.3) is 0 Å². The minimum atomic E-state index is -1.47. The molecule has 132 valence electrons. The summed E-state index contributed by atoms with van der Waals surface area (Å²) in [6.45, 7) is 0.326. The summed E-state index contributed by atoms with van der Waals surface area (Å²) in [5, 5.41) is 10.9. The van der Waals surface area contributed by atoms with E-state index < -0.39 is 7.32 Å². The number of benzene rings is 3. The molecule has 26 heavy (non-hydrogen) atoms. The average molecular weight is 389 g/mol. The van der Waals surface area contributed by atoms with Crippen molar-refractivity contribution in [2.45, 2.75) is 6.61 Å². The third-order valence-electron chi connectivity index (χ3n) is 3.45. The molecule has 0 aliphatic heterocycles. The van der Waals surface area contributed by atoms with Crippen LogP contribution in [0.2, 0.25) is 10.0 Å². The Balaban J connectivity index is 1.57. The van der Waals surface area contributed by atoms with Gasteiger partial charge in [0, 0.05) is 10.6 Å². The molecule has 1 N–H and O–H groups in total. The first-order chi connectivity index (χ1) is 12.6. The van der Waals surface area contributed by atoms with Crippen LogP contribution in [0.5, 0.6) is 17.2 Å². The summed E-state index contributed by atoms with van der Waals surface area (Å²) < 4.78 is 16.3. The first-order valence-corrected chi connectivity index (χ1v) is 8.59. The van der Waals surface area contributed by atoms with Gasteiger partial charge in [-0.15, -0.1) is 0 Å². The van der Waals surface area contributed by atoms with E-state index in [1.807, 2.05) is 30.3 Å². The molecule has 0 atom stereocenters. The Morgan fingerprint density at radius 3 is 2.12 bits per heavy atom. The summed E-state index contributed by atoms with van der Waals surface area (Å²) >= 11 is 12.1. The van der Waals surface area contributed by atoms with Gasteiger partial charge in [0.15, 0.2) is 0 Å². The fraction of sp³-hybridized carbons (Fsp3) is 0.0526. The van der Waals surface area contributed by atoms with E-state index in [-0.39, 0.29) is 0 Å². The van der Waals surface area contributed by atoms with Crippen LogP contribution in [0.15, 0.2) is 72.8 Å². The van der Waals surface area contributed by atoms with Crippen LogP contribution in [0, 0.1) is 0 Å². The number of para-hydroxylation sites is 1. The van der Waals surface area contributed by atoms with Crippen LogP contribution in [-0.4, -0.2) is 12.3 Å². The Bertz CT molecular complexity index is 844. The number of hydrogen-bond donors (Lipinski definition) is 1. The van der Waals surface area contributed by atoms with Gasteiger partial charge in [-0.05, 0) is 48.5 Å². The van der Waals surface area contributed by atoms with E-state index in [1.54, 1.807) is 42.5 Å². The highest BCUT2D eigenvalue weighted by molar-refractivity contribution is 6.37. The van der Waals surface area contributed by atoms with E-state index in [1.165, 1.54) is 0 Å². The molecule has 0 radical (unpaired) electrons. The van der Waals surface area contributed by atoms with Crippen molar-refractivity contribution in [3.05, 3.63) is 88.4 Å². The van der Waals surface area contributed by atoms with Crippen molar-refractivity contribution in [1.29, 1.82) is 0 Å². The standard InChI is InChI=1S/C19H15BCl2O4/c21-15-7-10-17(11-8-15)25-20(23)26-18-9-6-14(19(22)12-18)13-24-16-4-2-1-3-5-16/h1-12,23H,13H2. The van der Waals surface area contributed by atoms with Gasteiger partial charge >= 0.3 is 7.32 Å². The third kappa shape index (κ3) is 5.33. The highest BCUT2D eigenvalue weighted by Gasteiger charge is 2.21. The molecule has 0 saturated carbocycles. The maximum Gasteiger partial charge on any atom is 0.785 e. The number of ether oxygens (including phenoxy) is 1. The molecular weight excluding hydrogens is 374 g/mol. The smallest absolute Gasteiger partial charge is 0.501 e. The van der Waals surface area contributed by atoms with Gasteiger partial charge in [-0.2, -0.15) is 0 Å². The zero-order chi connectivity index (χ0) is 18.4. The van der Waals surface area contributed by atoms with Gasteiger partial charge in [0.05, 0.1) is 5.02 Å². The van der Waals surface area contributed by atoms with E-state index in [2.05, 4.69) is 0 Å². The molecule has 0 bridgehead atoms. The quantitative estimate of drug-likeness (QED) is 0.578. The molecule has 3 aromatic rings. The van der Waals surface area contributed by atoms with Crippen molar-refractivity contribution in [1.82, 2.24) is 0 Å². The molecule has 0 unspecified atom stereocenters. The van der Waals surface area contributed by atoms with Crippen LogP contribution in [0.3, 0.4) is 0 Å². The summed E-state index contributed by atoms with van der Waals surface area (Å²) in [5.74, 6) is 1.57. The lowest BCUT2D eigenvalue weighted by molar-refractivity contribution is 0.297. The maximum absolute atomic E-state index is 9.89. The predicted octanol–water partition coefficient (Wildman–Crippen LogP) is 5.01. The number of hydrogen-bond acceptors (Lipinski definition) is 4. The van der Waals surface area contributed by atoms with Gasteiger partial charge in [0.2, 0.25) is 0 Å². The first-order valence-electron chi connectivity index (χ1n) is 7.83. The molecule has 0 aliphatic rings. The van der Waals surface area contributed by atoms with Crippen molar-refractivity contribution >= 4 is 30.5 Å². The molecule has 0 aromatic heterocycles. The fourth-order valence-corrected chi connectivity index (χ4v) is 2.52. The average Bonchev–Trinajstić information content (AvgIpc) is 2.64. The van der Waals surface area contributed by atoms with E-state index in [0.29, 0.717) is 28.2 Å². The predicted molar refractivity (Wildman–Crippen MR) is 103 cm³/mol. The highest BCUT2D eigenvalue weighted by atomic mass is 35.5. The second-order valence-electron chi connectivity index (χ2n) is 5.35. The van der Waals surface area contributed by atoms with Gasteiger partial charge in [0.1, 0.15) is 23.9 Å². The summed E-state index contributed by atoms with van der Waals surface area (Å²) in [4.78, 5) is 0. The van der Waals surface area contributed by atoms with Crippen LogP contribution in [0.4, 0.5) is 0 Å². The highest BCUT2D eigenvalue weighted by Crippen LogP contribution is 2.25. The molecule has 0 fully saturated rings. The zero-order valence-electron chi connectivity index (χ0n) is 13.6. The van der Waals surface area contributed by atoms with E-state index >= 15 is 0 Å². The number of halogens is 2. The molecule has 0 saturated heterocycles. The Morgan fingerprint density at radius 1 is 0.769 bits per heavy atom. The Labute approximate surface area is 162 Å². The summed E-state index contributed by atoms with van der Waals surface area (Å²) in [6, 6.07) is 21.1. The first kappa shape index (κ1) is 18.5. The van der Waals surface area contributed by atoms with Gasteiger partial charge in [-0.1, -0.05) is 47.5 Å². The van der Waals surface area contributed by atoms with Crippen LogP contribution in [0.1, 0.15) is 5.56 Å². The summed E-state index contributed by atoms with van der Waals surface area (Å²) in [6.07, 6.45) is 0. The lowest BCUT2D eigenvalue weighted by Gasteiger charge is -2.13. The second kappa shape index (κ2) is 8.85. The van der Waals surface area contributed by atoms with Crippen LogP contribution in [-0.2, 0) is 6.61 Å².